The summed E-state index contributed by atoms with van der Waals surface area (Å²) in [7, 11) is 0. The Morgan fingerprint density at radius 2 is 1.72 bits per heavy atom. The summed E-state index contributed by atoms with van der Waals surface area (Å²) in [6.07, 6.45) is 6.08. The van der Waals surface area contributed by atoms with E-state index in [-0.39, 0.29) is 6.04 Å². The quantitative estimate of drug-likeness (QED) is 0.887. The maximum absolute atomic E-state index is 5.76. The van der Waals surface area contributed by atoms with Crippen molar-refractivity contribution >= 4 is 5.82 Å². The molecule has 0 amide bonds. The van der Waals surface area contributed by atoms with Crippen molar-refractivity contribution in [3.05, 3.63) is 18.1 Å². The van der Waals surface area contributed by atoms with Crippen molar-refractivity contribution < 1.29 is 14.2 Å². The number of morpholine rings is 1. The average Bonchev–Trinajstić information content (AvgIpc) is 2.70. The molecule has 0 aromatic carbocycles. The van der Waals surface area contributed by atoms with Gasteiger partial charge in [0.2, 0.25) is 0 Å². The zero-order valence-corrected chi connectivity index (χ0v) is 14.7. The van der Waals surface area contributed by atoms with E-state index < -0.39 is 0 Å². The first-order valence-electron chi connectivity index (χ1n) is 9.48. The lowest BCUT2D eigenvalue weighted by Crippen LogP contribution is -2.48. The summed E-state index contributed by atoms with van der Waals surface area (Å²) in [5.74, 6) is 1.78. The van der Waals surface area contributed by atoms with Crippen molar-refractivity contribution in [2.45, 2.75) is 43.8 Å². The fourth-order valence-corrected chi connectivity index (χ4v) is 3.96. The van der Waals surface area contributed by atoms with Crippen LogP contribution in [0, 0.1) is 0 Å². The zero-order chi connectivity index (χ0) is 16.9. The normalized spacial score (nSPS) is 27.3. The van der Waals surface area contributed by atoms with E-state index in [4.69, 9.17) is 19.2 Å². The maximum atomic E-state index is 5.76. The van der Waals surface area contributed by atoms with Gasteiger partial charge in [-0.05, 0) is 31.7 Å². The summed E-state index contributed by atoms with van der Waals surface area (Å²) in [4.78, 5) is 11.9. The van der Waals surface area contributed by atoms with Crippen molar-refractivity contribution in [1.29, 1.82) is 0 Å². The van der Waals surface area contributed by atoms with E-state index >= 15 is 0 Å². The number of anilines is 1. The Morgan fingerprint density at radius 1 is 0.960 bits per heavy atom. The van der Waals surface area contributed by atoms with Gasteiger partial charge >= 0.3 is 0 Å². The van der Waals surface area contributed by atoms with E-state index in [2.05, 4.69) is 15.2 Å². The molecule has 0 saturated carbocycles. The topological polar surface area (TPSA) is 68.7 Å². The van der Waals surface area contributed by atoms with Crippen molar-refractivity contribution in [1.82, 2.24) is 14.9 Å². The highest BCUT2D eigenvalue weighted by Crippen LogP contribution is 2.28. The van der Waals surface area contributed by atoms with Crippen molar-refractivity contribution in [2.75, 3.05) is 51.5 Å². The second-order valence-electron chi connectivity index (χ2n) is 7.00. The lowest BCUT2D eigenvalue weighted by atomic mass is 10.0. The molecule has 7 nitrogen and oxygen atoms in total. The van der Waals surface area contributed by atoms with Crippen molar-refractivity contribution in [3.8, 4) is 0 Å². The smallest absolute Gasteiger partial charge is 0.150 e. The summed E-state index contributed by atoms with van der Waals surface area (Å²) >= 11 is 0. The minimum absolute atomic E-state index is 0.133. The first-order chi connectivity index (χ1) is 12.4. The van der Waals surface area contributed by atoms with Crippen LogP contribution in [0.1, 0.15) is 37.5 Å². The summed E-state index contributed by atoms with van der Waals surface area (Å²) in [6, 6.07) is 3.07. The second-order valence-corrected chi connectivity index (χ2v) is 7.00. The van der Waals surface area contributed by atoms with Crippen LogP contribution in [0.3, 0.4) is 0 Å². The number of rotatable bonds is 4. The molecular weight excluding hydrogens is 320 g/mol. The first kappa shape index (κ1) is 17.1. The van der Waals surface area contributed by atoms with Crippen LogP contribution in [0.15, 0.2) is 12.3 Å². The molecule has 0 bridgehead atoms. The van der Waals surface area contributed by atoms with Gasteiger partial charge in [0, 0.05) is 51.3 Å². The fraction of sp³-hybridized carbons (Fsp3) is 0.778. The molecule has 3 fully saturated rings. The Labute approximate surface area is 149 Å². The Hall–Kier alpha value is -1.28. The third-order valence-electron chi connectivity index (χ3n) is 5.38. The molecule has 3 saturated heterocycles. The van der Waals surface area contributed by atoms with Crippen LogP contribution in [0.2, 0.25) is 0 Å². The van der Waals surface area contributed by atoms with Crippen molar-refractivity contribution in [2.24, 2.45) is 0 Å². The first-order valence-corrected chi connectivity index (χ1v) is 9.48. The molecule has 0 spiro atoms. The Balaban J connectivity index is 1.47. The van der Waals surface area contributed by atoms with Crippen LogP contribution >= 0.6 is 0 Å². The molecule has 138 valence electrons. The van der Waals surface area contributed by atoms with Gasteiger partial charge in [-0.25, -0.2) is 9.97 Å². The molecule has 25 heavy (non-hydrogen) atoms. The van der Waals surface area contributed by atoms with E-state index in [1.165, 1.54) is 0 Å². The molecule has 0 radical (unpaired) electrons. The number of hydrogen-bond acceptors (Lipinski definition) is 7. The second kappa shape index (κ2) is 8.40. The van der Waals surface area contributed by atoms with E-state index in [0.717, 1.165) is 76.9 Å². The lowest BCUT2D eigenvalue weighted by Gasteiger charge is -2.41. The summed E-state index contributed by atoms with van der Waals surface area (Å²) in [6.45, 7) is 5.73. The Kier molecular flexibility index (Phi) is 5.76. The highest BCUT2D eigenvalue weighted by atomic mass is 16.5. The van der Waals surface area contributed by atoms with Gasteiger partial charge in [-0.15, -0.1) is 0 Å². The third kappa shape index (κ3) is 4.28. The average molecular weight is 348 g/mol. The SMILES string of the molecule is c1cc(NC2CCOCC2)nc([C@H]2COCCN2C2CCOCC2)n1. The number of aromatic nitrogens is 2. The van der Waals surface area contributed by atoms with Crippen LogP contribution < -0.4 is 5.32 Å². The molecule has 1 aromatic rings. The summed E-state index contributed by atoms with van der Waals surface area (Å²) < 4.78 is 16.7. The van der Waals surface area contributed by atoms with Crippen LogP contribution in [-0.4, -0.2) is 73.1 Å². The molecule has 4 rings (SSSR count). The third-order valence-corrected chi connectivity index (χ3v) is 5.38. The molecule has 3 aliphatic rings. The molecule has 4 heterocycles. The standard InChI is InChI=1S/C18H28N4O3/c1-6-19-18(21-17(1)20-14-2-8-23-9-3-14)16-13-25-12-7-22(16)15-4-10-24-11-5-15/h1,6,14-16H,2-5,7-13H2,(H,19,20,21)/t16-/m1/s1. The molecule has 1 atom stereocenters. The number of nitrogens with zero attached hydrogens (tertiary/aromatic N) is 3. The fourth-order valence-electron chi connectivity index (χ4n) is 3.96. The van der Waals surface area contributed by atoms with Crippen LogP contribution in [0.4, 0.5) is 5.82 Å². The minimum atomic E-state index is 0.133. The molecule has 1 N–H and O–H groups in total. The van der Waals surface area contributed by atoms with Gasteiger partial charge in [0.15, 0.2) is 0 Å². The van der Waals surface area contributed by atoms with Gasteiger partial charge in [-0.1, -0.05) is 0 Å². The van der Waals surface area contributed by atoms with Gasteiger partial charge in [0.25, 0.3) is 0 Å². The number of nitrogens with one attached hydrogen (secondary N) is 1. The van der Waals surface area contributed by atoms with Crippen LogP contribution in [0.25, 0.3) is 0 Å². The molecule has 0 unspecified atom stereocenters. The maximum Gasteiger partial charge on any atom is 0.150 e. The highest BCUT2D eigenvalue weighted by molar-refractivity contribution is 5.34. The number of ether oxygens (including phenoxy) is 3. The van der Waals surface area contributed by atoms with E-state index in [9.17, 15) is 0 Å². The Morgan fingerprint density at radius 3 is 2.52 bits per heavy atom. The van der Waals surface area contributed by atoms with Gasteiger partial charge in [0.1, 0.15) is 11.6 Å². The minimum Gasteiger partial charge on any atom is -0.381 e. The van der Waals surface area contributed by atoms with E-state index in [0.29, 0.717) is 18.7 Å². The number of hydrogen-bond donors (Lipinski definition) is 1. The zero-order valence-electron chi connectivity index (χ0n) is 14.7. The van der Waals surface area contributed by atoms with Crippen LogP contribution in [-0.2, 0) is 14.2 Å². The molecule has 1 aromatic heterocycles. The molecule has 3 aliphatic heterocycles. The molecular formula is C18H28N4O3. The predicted molar refractivity (Wildman–Crippen MR) is 93.6 cm³/mol. The van der Waals surface area contributed by atoms with Crippen molar-refractivity contribution in [3.63, 3.8) is 0 Å². The largest absolute Gasteiger partial charge is 0.381 e. The van der Waals surface area contributed by atoms with E-state index in [1.807, 2.05) is 12.3 Å². The van der Waals surface area contributed by atoms with Gasteiger partial charge in [-0.2, -0.15) is 0 Å². The monoisotopic (exact) mass is 348 g/mol. The molecule has 7 heteroatoms. The van der Waals surface area contributed by atoms with Crippen LogP contribution in [0.5, 0.6) is 0 Å². The van der Waals surface area contributed by atoms with E-state index in [1.54, 1.807) is 0 Å². The van der Waals surface area contributed by atoms with Gasteiger partial charge in [0.05, 0.1) is 19.3 Å². The lowest BCUT2D eigenvalue weighted by molar-refractivity contribution is -0.0591. The summed E-state index contributed by atoms with van der Waals surface area (Å²) in [5.41, 5.74) is 0. The van der Waals surface area contributed by atoms with Gasteiger partial charge < -0.3 is 19.5 Å². The molecule has 0 aliphatic carbocycles. The summed E-state index contributed by atoms with van der Waals surface area (Å²) in [5, 5.41) is 3.54. The highest BCUT2D eigenvalue weighted by Gasteiger charge is 2.33. The van der Waals surface area contributed by atoms with Gasteiger partial charge in [-0.3, -0.25) is 4.90 Å². The predicted octanol–water partition coefficient (Wildman–Crippen LogP) is 1.62. The Bertz CT molecular complexity index is 547.